The number of hydrogen-bond donors (Lipinski definition) is 0. The number of nitrogens with zero attached hydrogens (tertiary/aromatic N) is 2. The van der Waals surface area contributed by atoms with E-state index >= 15 is 0 Å². The van der Waals surface area contributed by atoms with Crippen LogP contribution in [0.15, 0.2) is 6.07 Å². The average molecular weight is 394 g/mol. The Labute approximate surface area is 130 Å². The average Bonchev–Trinajstić information content (AvgIpc) is 2.78. The molecule has 1 saturated heterocycles. The van der Waals surface area contributed by atoms with Crippen molar-refractivity contribution in [1.82, 2.24) is 9.55 Å². The molecule has 1 fully saturated rings. The van der Waals surface area contributed by atoms with E-state index in [1.54, 1.807) is 0 Å². The zero-order valence-corrected chi connectivity index (χ0v) is 15.5. The lowest BCUT2D eigenvalue weighted by molar-refractivity contribution is 0.00578. The Morgan fingerprint density at radius 1 is 1.26 bits per heavy atom. The van der Waals surface area contributed by atoms with Crippen LogP contribution in [0, 0.1) is 0 Å². The Balaban J connectivity index is 2.33. The maximum Gasteiger partial charge on any atom is 0.514 e. The van der Waals surface area contributed by atoms with E-state index in [2.05, 4.69) is 74.7 Å². The molecule has 0 spiro atoms. The number of rotatable bonds is 3. The van der Waals surface area contributed by atoms with E-state index in [9.17, 15) is 0 Å². The molecule has 0 aromatic carbocycles. The summed E-state index contributed by atoms with van der Waals surface area (Å²) in [5.41, 5.74) is 1.50. The third-order valence-electron chi connectivity index (χ3n) is 3.92. The highest BCUT2D eigenvalue weighted by atomic mass is 127. The molecule has 1 aliphatic rings. The summed E-state index contributed by atoms with van der Waals surface area (Å²) < 4.78 is 14.2. The zero-order valence-electron chi connectivity index (χ0n) is 12.3. The van der Waals surface area contributed by atoms with Crippen LogP contribution in [-0.4, -0.2) is 27.9 Å². The van der Waals surface area contributed by atoms with Gasteiger partial charge in [-0.25, -0.2) is 4.45 Å². The minimum absolute atomic E-state index is 0.306. The van der Waals surface area contributed by atoms with Crippen molar-refractivity contribution in [1.29, 1.82) is 0 Å². The van der Waals surface area contributed by atoms with Crippen molar-refractivity contribution >= 4 is 41.1 Å². The second-order valence-electron chi connectivity index (χ2n) is 6.23. The van der Waals surface area contributed by atoms with Crippen molar-refractivity contribution in [3.05, 3.63) is 11.8 Å². The predicted molar refractivity (Wildman–Crippen MR) is 89.8 cm³/mol. The zero-order chi connectivity index (χ0) is 14.4. The summed E-state index contributed by atoms with van der Waals surface area (Å²) >= 11 is 2.34. The summed E-state index contributed by atoms with van der Waals surface area (Å²) in [5, 5.41) is 4.63. The topological polar surface area (TPSA) is 36.3 Å². The molecule has 1 aromatic rings. The molecule has 0 radical (unpaired) electrons. The predicted octanol–water partition coefficient (Wildman–Crippen LogP) is 3.10. The Kier molecular flexibility index (Phi) is 4.37. The van der Waals surface area contributed by atoms with Gasteiger partial charge in [0.2, 0.25) is 0 Å². The molecule has 0 bridgehead atoms. The first-order valence-corrected chi connectivity index (χ1v) is 10.6. The van der Waals surface area contributed by atoms with E-state index in [-0.39, 0.29) is 18.3 Å². The molecule has 7 heteroatoms. The van der Waals surface area contributed by atoms with Gasteiger partial charge in [-0.3, -0.25) is 0 Å². The van der Waals surface area contributed by atoms with Crippen LogP contribution in [0.2, 0.25) is 0 Å². The van der Waals surface area contributed by atoms with Crippen LogP contribution in [0.3, 0.4) is 0 Å². The van der Waals surface area contributed by atoms with E-state index in [0.717, 1.165) is 11.3 Å². The molecular weight excluding hydrogens is 373 g/mol. The lowest BCUT2D eigenvalue weighted by Crippen LogP contribution is -2.41. The molecule has 106 valence electrons. The Hall–Kier alpha value is 0.355. The Morgan fingerprint density at radius 2 is 1.79 bits per heavy atom. The second kappa shape index (κ2) is 5.28. The van der Waals surface area contributed by atoms with Crippen molar-refractivity contribution in [2.24, 2.45) is 0 Å². The van der Waals surface area contributed by atoms with E-state index < -0.39 is 0 Å². The Morgan fingerprint density at radius 3 is 2.21 bits per heavy atom. The second-order valence-corrected chi connectivity index (χ2v) is 8.27. The van der Waals surface area contributed by atoms with Gasteiger partial charge in [-0.1, -0.05) is 13.8 Å². The van der Waals surface area contributed by atoms with Crippen molar-refractivity contribution in [2.45, 2.75) is 58.7 Å². The third kappa shape index (κ3) is 2.87. The number of halogens is 1. The van der Waals surface area contributed by atoms with Gasteiger partial charge in [-0.05, 0) is 61.7 Å². The van der Waals surface area contributed by atoms with Crippen LogP contribution in [-0.2, 0) is 9.31 Å². The van der Waals surface area contributed by atoms with Gasteiger partial charge in [0.15, 0.2) is 0 Å². The van der Waals surface area contributed by atoms with Crippen molar-refractivity contribution in [2.75, 3.05) is 0 Å². The van der Waals surface area contributed by atoms with Gasteiger partial charge in [0.25, 0.3) is 0 Å². The molecule has 1 aliphatic heterocycles. The third-order valence-corrected chi connectivity index (χ3v) is 5.81. The molecule has 1 unspecified atom stereocenters. The molecule has 19 heavy (non-hydrogen) atoms. The molecule has 2 heterocycles. The van der Waals surface area contributed by atoms with Crippen LogP contribution in [0.4, 0.5) is 0 Å². The summed E-state index contributed by atoms with van der Waals surface area (Å²) in [6.45, 7) is 12.6. The van der Waals surface area contributed by atoms with Gasteiger partial charge >= 0.3 is 7.12 Å². The molecule has 0 aliphatic carbocycles. The van der Waals surface area contributed by atoms with Crippen molar-refractivity contribution in [3.63, 3.8) is 0 Å². The van der Waals surface area contributed by atoms with Gasteiger partial charge < -0.3 is 9.31 Å². The largest absolute Gasteiger partial charge is 0.514 e. The molecule has 2 rings (SSSR count). The summed E-state index contributed by atoms with van der Waals surface area (Å²) in [7, 11) is -0.327. The van der Waals surface area contributed by atoms with Crippen LogP contribution in [0.5, 0.6) is 0 Å². The summed E-state index contributed by atoms with van der Waals surface area (Å²) in [4.78, 5) is 0. The number of hydrogen-bond acceptors (Lipinski definition) is 3. The van der Waals surface area contributed by atoms with E-state index in [0.29, 0.717) is 12.3 Å². The molecule has 4 nitrogen and oxygen atoms in total. The summed E-state index contributed by atoms with van der Waals surface area (Å²) in [6, 6.07) is 2.11. The quantitative estimate of drug-likeness (QED) is 0.449. The minimum atomic E-state index is -0.327. The van der Waals surface area contributed by atoms with Crippen LogP contribution >= 0.6 is 28.4 Å². The van der Waals surface area contributed by atoms with Crippen molar-refractivity contribution < 1.29 is 9.31 Å². The normalized spacial score (nSPS) is 22.0. The molecule has 1 atom stereocenters. The van der Waals surface area contributed by atoms with Gasteiger partial charge in [-0.2, -0.15) is 5.10 Å². The SMILES string of the molecule is CC(C)c1cc(B2OC(C)(C)C(C)(C)O2)n(PI)n1. The standard InChI is InChI=1S/C12H21BIN2O2P/c1-8(2)9-7-10(16(15-9)19-14)13-17-11(3,4)12(5,6)18-13/h7-8,19H,1-6H3. The lowest BCUT2D eigenvalue weighted by Gasteiger charge is -2.32. The summed E-state index contributed by atoms with van der Waals surface area (Å²) in [6.07, 6.45) is 0.549. The molecule has 0 saturated carbocycles. The monoisotopic (exact) mass is 394 g/mol. The Bertz CT molecular complexity index is 460. The fourth-order valence-corrected chi connectivity index (χ4v) is 3.48. The first-order valence-electron chi connectivity index (χ1n) is 6.50. The molecule has 1 aromatic heterocycles. The van der Waals surface area contributed by atoms with Gasteiger partial charge in [-0.15, -0.1) is 0 Å². The smallest absolute Gasteiger partial charge is 0.398 e. The van der Waals surface area contributed by atoms with Gasteiger partial charge in [0, 0.05) is 0 Å². The van der Waals surface area contributed by atoms with Crippen LogP contribution < -0.4 is 5.59 Å². The fourth-order valence-electron chi connectivity index (χ4n) is 1.90. The molecular formula is C12H21BIN2O2P. The van der Waals surface area contributed by atoms with Gasteiger partial charge in [0.1, 0.15) is 0 Å². The number of aromatic nitrogens is 2. The van der Waals surface area contributed by atoms with E-state index in [1.165, 1.54) is 0 Å². The molecule has 0 amide bonds. The fraction of sp³-hybridized carbons (Fsp3) is 0.750. The highest BCUT2D eigenvalue weighted by Gasteiger charge is 2.53. The van der Waals surface area contributed by atoms with Gasteiger partial charge in [0.05, 0.1) is 28.9 Å². The maximum atomic E-state index is 6.10. The van der Waals surface area contributed by atoms with Crippen LogP contribution in [0.1, 0.15) is 53.2 Å². The highest BCUT2D eigenvalue weighted by Crippen LogP contribution is 2.37. The first-order chi connectivity index (χ1) is 8.68. The first kappa shape index (κ1) is 15.7. The lowest BCUT2D eigenvalue weighted by atomic mass is 9.84. The van der Waals surface area contributed by atoms with E-state index in [1.807, 2.05) is 4.45 Å². The van der Waals surface area contributed by atoms with Crippen LogP contribution in [0.25, 0.3) is 0 Å². The van der Waals surface area contributed by atoms with E-state index in [4.69, 9.17) is 9.31 Å². The van der Waals surface area contributed by atoms with Crippen molar-refractivity contribution in [3.8, 4) is 0 Å². The molecule has 0 N–H and O–H groups in total. The maximum absolute atomic E-state index is 6.10. The summed E-state index contributed by atoms with van der Waals surface area (Å²) in [5.74, 6) is 0.412. The highest BCUT2D eigenvalue weighted by molar-refractivity contribution is 14.2. The minimum Gasteiger partial charge on any atom is -0.398 e.